The molecule has 9 heteroatoms. The number of likely N-dealkylation sites (tertiary alicyclic amines) is 1. The summed E-state index contributed by atoms with van der Waals surface area (Å²) in [7, 11) is 3.15. The molecule has 2 unspecified atom stereocenters. The second kappa shape index (κ2) is 8.98. The van der Waals surface area contributed by atoms with Crippen LogP contribution in [-0.2, 0) is 9.59 Å². The van der Waals surface area contributed by atoms with Crippen molar-refractivity contribution in [3.63, 3.8) is 0 Å². The third kappa shape index (κ3) is 3.96. The summed E-state index contributed by atoms with van der Waals surface area (Å²) in [5.41, 5.74) is 6.56. The monoisotopic (exact) mass is 466 g/mol. The lowest BCUT2D eigenvalue weighted by atomic mass is 10.0. The van der Waals surface area contributed by atoms with E-state index in [1.165, 1.54) is 17.1 Å². The molecule has 0 bridgehead atoms. The number of methoxy groups -OCH3 is 2. The maximum absolute atomic E-state index is 13.9. The van der Waals surface area contributed by atoms with E-state index in [0.717, 1.165) is 29.5 Å². The van der Waals surface area contributed by atoms with Gasteiger partial charge in [-0.15, -0.1) is 0 Å². The molecule has 2 amide bonds. The smallest absolute Gasteiger partial charge is 0.248 e. The number of ether oxygens (including phenoxy) is 2. The average Bonchev–Trinajstić information content (AvgIpc) is 3.55. The molecule has 0 spiro atoms. The van der Waals surface area contributed by atoms with Crippen molar-refractivity contribution in [2.24, 2.45) is 0 Å². The van der Waals surface area contributed by atoms with Crippen LogP contribution in [0.5, 0.6) is 11.5 Å². The topological polar surface area (TPSA) is 83.1 Å². The molecule has 2 saturated heterocycles. The van der Waals surface area contributed by atoms with Crippen molar-refractivity contribution >= 4 is 23.6 Å². The van der Waals surface area contributed by atoms with Gasteiger partial charge < -0.3 is 19.7 Å². The molecular formula is C25H27FN4O4. The van der Waals surface area contributed by atoms with Gasteiger partial charge in [0.2, 0.25) is 11.8 Å². The summed E-state index contributed by atoms with van der Waals surface area (Å²) in [6.07, 6.45) is 3.08. The normalized spacial score (nSPS) is 20.6. The molecule has 2 aromatic rings. The molecule has 2 aliphatic heterocycles. The van der Waals surface area contributed by atoms with E-state index in [2.05, 4.69) is 10.7 Å². The van der Waals surface area contributed by atoms with E-state index in [-0.39, 0.29) is 30.1 Å². The molecule has 34 heavy (non-hydrogen) atoms. The predicted molar refractivity (Wildman–Crippen MR) is 124 cm³/mol. The third-order valence-corrected chi connectivity index (χ3v) is 6.56. The second-order valence-electron chi connectivity index (χ2n) is 8.63. The maximum atomic E-state index is 13.9. The Bertz CT molecular complexity index is 1160. The molecule has 1 aliphatic carbocycles. The predicted octanol–water partition coefficient (Wildman–Crippen LogP) is 3.08. The summed E-state index contributed by atoms with van der Waals surface area (Å²) in [5, 5.41) is 4.72. The number of amides is 2. The fraction of sp³-hybridized carbons (Fsp3) is 0.360. The van der Waals surface area contributed by atoms with Gasteiger partial charge in [-0.05, 0) is 65.9 Å². The Morgan fingerprint density at radius 1 is 1.09 bits per heavy atom. The van der Waals surface area contributed by atoms with E-state index in [4.69, 9.17) is 9.47 Å². The molecule has 2 atom stereocenters. The minimum atomic E-state index is -0.602. The third-order valence-electron chi connectivity index (χ3n) is 6.56. The summed E-state index contributed by atoms with van der Waals surface area (Å²) in [4.78, 5) is 27.7. The van der Waals surface area contributed by atoms with Gasteiger partial charge in [-0.3, -0.25) is 9.59 Å². The lowest BCUT2D eigenvalue weighted by Gasteiger charge is -2.27. The quantitative estimate of drug-likeness (QED) is 0.637. The van der Waals surface area contributed by atoms with E-state index >= 15 is 0 Å². The van der Waals surface area contributed by atoms with E-state index in [9.17, 15) is 14.0 Å². The molecule has 5 rings (SSSR count). The van der Waals surface area contributed by atoms with E-state index in [0.29, 0.717) is 30.3 Å². The number of hydrogen-bond acceptors (Lipinski definition) is 6. The summed E-state index contributed by atoms with van der Waals surface area (Å²) < 4.78 is 24.8. The number of hydrazine groups is 1. The molecule has 2 heterocycles. The van der Waals surface area contributed by atoms with E-state index in [1.807, 2.05) is 18.2 Å². The zero-order chi connectivity index (χ0) is 23.8. The number of rotatable bonds is 6. The molecule has 8 nitrogen and oxygen atoms in total. The molecule has 0 aromatic heterocycles. The lowest BCUT2D eigenvalue weighted by Crippen LogP contribution is -2.48. The van der Waals surface area contributed by atoms with E-state index in [1.54, 1.807) is 31.3 Å². The second-order valence-corrected chi connectivity index (χ2v) is 8.63. The molecule has 2 fully saturated rings. The first-order valence-electron chi connectivity index (χ1n) is 11.3. The number of hydrogen-bond donors (Lipinski definition) is 2. The Balaban J connectivity index is 1.46. The summed E-state index contributed by atoms with van der Waals surface area (Å²) in [6.45, 7) is 1.38. The Morgan fingerprint density at radius 2 is 1.82 bits per heavy atom. The standard InChI is InChI=1S/C25H27FN4O4/c1-33-20-11-15-10-19-24(18(15)13-21(20)34-2)28-30(23(32)14-22(31)29-8-3-4-9-29)25(19)27-17-7-5-6-16(26)12-17/h5-7,10-13,24-25,27-28H,3-4,8-9,14H2,1-2H3. The molecule has 178 valence electrons. The molecule has 0 radical (unpaired) electrons. The van der Waals surface area contributed by atoms with Crippen LogP contribution in [0.15, 0.2) is 42.0 Å². The van der Waals surface area contributed by atoms with Crippen LogP contribution in [0.2, 0.25) is 0 Å². The number of carbonyl (C=O) groups is 2. The van der Waals surface area contributed by atoms with Crippen LogP contribution in [0.4, 0.5) is 10.1 Å². The number of nitrogens with zero attached hydrogens (tertiary/aromatic N) is 2. The van der Waals surface area contributed by atoms with Gasteiger partial charge in [-0.25, -0.2) is 14.8 Å². The highest BCUT2D eigenvalue weighted by Gasteiger charge is 2.44. The number of nitrogens with one attached hydrogen (secondary N) is 2. The Labute approximate surface area is 197 Å². The van der Waals surface area contributed by atoms with Gasteiger partial charge in [-0.1, -0.05) is 6.07 Å². The van der Waals surface area contributed by atoms with Gasteiger partial charge in [0, 0.05) is 18.8 Å². The van der Waals surface area contributed by atoms with Crippen LogP contribution in [0.25, 0.3) is 6.08 Å². The Morgan fingerprint density at radius 3 is 2.53 bits per heavy atom. The zero-order valence-corrected chi connectivity index (χ0v) is 19.1. The highest BCUT2D eigenvalue weighted by molar-refractivity contribution is 5.97. The van der Waals surface area contributed by atoms with Crippen LogP contribution in [0.3, 0.4) is 0 Å². The number of anilines is 1. The molecular weight excluding hydrogens is 439 g/mol. The maximum Gasteiger partial charge on any atom is 0.248 e. The van der Waals surface area contributed by atoms with Crippen molar-refractivity contribution in [1.29, 1.82) is 0 Å². The number of carbonyl (C=O) groups excluding carboxylic acids is 2. The SMILES string of the molecule is COc1cc2c(cc1OC)C1NN(C(=O)CC(=O)N3CCCC3)C(Nc3cccc(F)c3)C1=C2. The fourth-order valence-electron chi connectivity index (χ4n) is 4.86. The minimum Gasteiger partial charge on any atom is -0.493 e. The molecule has 0 saturated carbocycles. The van der Waals surface area contributed by atoms with E-state index < -0.39 is 6.17 Å². The van der Waals surface area contributed by atoms with Gasteiger partial charge in [0.1, 0.15) is 18.4 Å². The van der Waals surface area contributed by atoms with Gasteiger partial charge in [0.05, 0.1) is 20.3 Å². The highest BCUT2D eigenvalue weighted by Crippen LogP contribution is 2.46. The van der Waals surface area contributed by atoms with Crippen molar-refractivity contribution in [3.8, 4) is 11.5 Å². The van der Waals surface area contributed by atoms with Crippen LogP contribution in [0, 0.1) is 5.82 Å². The first-order chi connectivity index (χ1) is 16.5. The van der Waals surface area contributed by atoms with Crippen LogP contribution in [-0.4, -0.2) is 55.2 Å². The first-order valence-corrected chi connectivity index (χ1v) is 11.3. The van der Waals surface area contributed by atoms with Crippen LogP contribution >= 0.6 is 0 Å². The van der Waals surface area contributed by atoms with Crippen LogP contribution < -0.4 is 20.2 Å². The number of fused-ring (bicyclic) bond motifs is 3. The van der Waals surface area contributed by atoms with Gasteiger partial charge in [0.25, 0.3) is 0 Å². The fourth-order valence-corrected chi connectivity index (χ4v) is 4.86. The first kappa shape index (κ1) is 22.2. The summed E-state index contributed by atoms with van der Waals surface area (Å²) >= 11 is 0. The lowest BCUT2D eigenvalue weighted by molar-refractivity contribution is -0.142. The van der Waals surface area contributed by atoms with Crippen molar-refractivity contribution in [1.82, 2.24) is 15.3 Å². The van der Waals surface area contributed by atoms with Crippen molar-refractivity contribution in [2.45, 2.75) is 31.5 Å². The minimum absolute atomic E-state index is 0.174. The Kier molecular flexibility index (Phi) is 5.87. The zero-order valence-electron chi connectivity index (χ0n) is 19.1. The van der Waals surface area contributed by atoms with Gasteiger partial charge >= 0.3 is 0 Å². The van der Waals surface area contributed by atoms with Crippen molar-refractivity contribution in [2.75, 3.05) is 32.6 Å². The highest BCUT2D eigenvalue weighted by atomic mass is 19.1. The molecule has 2 N–H and O–H groups in total. The summed E-state index contributed by atoms with van der Waals surface area (Å²) in [5.74, 6) is 0.292. The molecule has 2 aromatic carbocycles. The van der Waals surface area contributed by atoms with Crippen molar-refractivity contribution in [3.05, 3.63) is 58.9 Å². The number of halogens is 1. The van der Waals surface area contributed by atoms with Gasteiger partial charge in [-0.2, -0.15) is 0 Å². The Hall–Kier alpha value is -3.59. The largest absolute Gasteiger partial charge is 0.493 e. The van der Waals surface area contributed by atoms with Crippen LogP contribution in [0.1, 0.15) is 36.4 Å². The summed E-state index contributed by atoms with van der Waals surface area (Å²) in [6, 6.07) is 9.56. The van der Waals surface area contributed by atoms with Crippen molar-refractivity contribution < 1.29 is 23.5 Å². The number of benzene rings is 2. The molecule has 3 aliphatic rings. The average molecular weight is 467 g/mol. The van der Waals surface area contributed by atoms with Gasteiger partial charge in [0.15, 0.2) is 11.5 Å².